The second-order valence-corrected chi connectivity index (χ2v) is 8.87. The number of rotatable bonds is 7. The SMILES string of the molecule is O=C(Nc1cc(S(=O)(=O)N2CCCC2)ccc1OCC(F)(F)F)c1ccc([N+](=O)[O-])cc1. The molecule has 1 N–H and O–H groups in total. The summed E-state index contributed by atoms with van der Waals surface area (Å²) in [4.78, 5) is 22.4. The lowest BCUT2D eigenvalue weighted by molar-refractivity contribution is -0.384. The van der Waals surface area contributed by atoms with E-state index in [4.69, 9.17) is 4.74 Å². The van der Waals surface area contributed by atoms with E-state index in [2.05, 4.69) is 5.32 Å². The third kappa shape index (κ3) is 5.53. The second kappa shape index (κ2) is 9.12. The number of halogens is 3. The number of benzene rings is 2. The molecular weight excluding hydrogens is 455 g/mol. The van der Waals surface area contributed by atoms with Crippen molar-refractivity contribution in [1.82, 2.24) is 4.31 Å². The zero-order chi connectivity index (χ0) is 23.5. The summed E-state index contributed by atoms with van der Waals surface area (Å²) in [7, 11) is -3.91. The average molecular weight is 473 g/mol. The van der Waals surface area contributed by atoms with Crippen LogP contribution in [0.25, 0.3) is 0 Å². The first kappa shape index (κ1) is 23.5. The van der Waals surface area contributed by atoms with Gasteiger partial charge in [0.05, 0.1) is 15.5 Å². The smallest absolute Gasteiger partial charge is 0.422 e. The van der Waals surface area contributed by atoms with Crippen LogP contribution in [0.3, 0.4) is 0 Å². The summed E-state index contributed by atoms with van der Waals surface area (Å²) < 4.78 is 69.4. The molecule has 0 aromatic heterocycles. The Morgan fingerprint density at radius 3 is 2.31 bits per heavy atom. The fourth-order valence-electron chi connectivity index (χ4n) is 3.06. The number of anilines is 1. The molecule has 0 saturated carbocycles. The first-order valence-corrected chi connectivity index (χ1v) is 10.8. The minimum atomic E-state index is -4.65. The van der Waals surface area contributed by atoms with Crippen molar-refractivity contribution in [2.75, 3.05) is 25.0 Å². The summed E-state index contributed by atoms with van der Waals surface area (Å²) >= 11 is 0. The van der Waals surface area contributed by atoms with E-state index in [1.165, 1.54) is 4.31 Å². The van der Waals surface area contributed by atoms with E-state index in [-0.39, 0.29) is 27.6 Å². The zero-order valence-corrected chi connectivity index (χ0v) is 17.3. The van der Waals surface area contributed by atoms with E-state index in [1.807, 2.05) is 0 Å². The van der Waals surface area contributed by atoms with Gasteiger partial charge < -0.3 is 10.1 Å². The normalized spacial score (nSPS) is 14.8. The van der Waals surface area contributed by atoms with Crippen molar-refractivity contribution < 1.29 is 36.0 Å². The van der Waals surface area contributed by atoms with Crippen LogP contribution in [0.5, 0.6) is 5.75 Å². The van der Waals surface area contributed by atoms with Crippen molar-refractivity contribution in [3.63, 3.8) is 0 Å². The van der Waals surface area contributed by atoms with Crippen LogP contribution in [-0.2, 0) is 10.0 Å². The Labute approximate surface area is 181 Å². The molecule has 1 saturated heterocycles. The van der Waals surface area contributed by atoms with Gasteiger partial charge in [0.2, 0.25) is 10.0 Å². The van der Waals surface area contributed by atoms with Gasteiger partial charge in [-0.3, -0.25) is 14.9 Å². The van der Waals surface area contributed by atoms with Crippen LogP contribution >= 0.6 is 0 Å². The number of hydrogen-bond donors (Lipinski definition) is 1. The second-order valence-electron chi connectivity index (χ2n) is 6.93. The number of ether oxygens (including phenoxy) is 1. The van der Waals surface area contributed by atoms with E-state index in [1.54, 1.807) is 0 Å². The topological polar surface area (TPSA) is 119 Å². The quantitative estimate of drug-likeness (QED) is 0.485. The predicted octanol–water partition coefficient (Wildman–Crippen LogP) is 3.57. The monoisotopic (exact) mass is 473 g/mol. The molecule has 2 aromatic carbocycles. The van der Waals surface area contributed by atoms with Crippen molar-refractivity contribution in [3.05, 3.63) is 58.1 Å². The van der Waals surface area contributed by atoms with Crippen LogP contribution in [0.2, 0.25) is 0 Å². The molecule has 0 spiro atoms. The predicted molar refractivity (Wildman–Crippen MR) is 107 cm³/mol. The van der Waals surface area contributed by atoms with E-state index >= 15 is 0 Å². The Morgan fingerprint density at radius 1 is 1.12 bits per heavy atom. The molecule has 1 amide bonds. The van der Waals surface area contributed by atoms with E-state index in [9.17, 15) is 36.5 Å². The molecule has 3 rings (SSSR count). The first-order chi connectivity index (χ1) is 15.0. The number of nitro groups is 1. The van der Waals surface area contributed by atoms with Crippen molar-refractivity contribution in [2.24, 2.45) is 0 Å². The van der Waals surface area contributed by atoms with Gasteiger partial charge in [0, 0.05) is 30.8 Å². The fraction of sp³-hybridized carbons (Fsp3) is 0.316. The molecule has 172 valence electrons. The average Bonchev–Trinajstić information content (AvgIpc) is 3.28. The fourth-order valence-corrected chi connectivity index (χ4v) is 4.60. The molecule has 0 radical (unpaired) electrons. The summed E-state index contributed by atoms with van der Waals surface area (Å²) in [5.41, 5.74) is -0.558. The van der Waals surface area contributed by atoms with Gasteiger partial charge >= 0.3 is 6.18 Å². The zero-order valence-electron chi connectivity index (χ0n) is 16.5. The molecule has 0 aliphatic carbocycles. The molecule has 9 nitrogen and oxygen atoms in total. The molecule has 1 aliphatic heterocycles. The highest BCUT2D eigenvalue weighted by Crippen LogP contribution is 2.32. The number of amides is 1. The van der Waals surface area contributed by atoms with Crippen molar-refractivity contribution >= 4 is 27.3 Å². The molecule has 0 atom stereocenters. The molecule has 1 fully saturated rings. The number of hydrogen-bond acceptors (Lipinski definition) is 6. The molecule has 0 unspecified atom stereocenters. The number of alkyl halides is 3. The van der Waals surface area contributed by atoms with E-state index in [0.29, 0.717) is 25.9 Å². The number of nitrogens with zero attached hydrogens (tertiary/aromatic N) is 2. The summed E-state index contributed by atoms with van der Waals surface area (Å²) in [5.74, 6) is -1.19. The van der Waals surface area contributed by atoms with Crippen molar-refractivity contribution in [3.8, 4) is 5.75 Å². The van der Waals surface area contributed by atoms with Crippen LogP contribution in [0.4, 0.5) is 24.5 Å². The number of nitro benzene ring substituents is 1. The summed E-state index contributed by atoms with van der Waals surface area (Å²) in [6, 6.07) is 7.68. The van der Waals surface area contributed by atoms with Gasteiger partial charge in [0.15, 0.2) is 6.61 Å². The molecule has 2 aromatic rings. The lowest BCUT2D eigenvalue weighted by Gasteiger charge is -2.18. The number of nitrogens with one attached hydrogen (secondary N) is 1. The van der Waals surface area contributed by atoms with Gasteiger partial charge in [-0.1, -0.05) is 0 Å². The van der Waals surface area contributed by atoms with Gasteiger partial charge in [-0.25, -0.2) is 8.42 Å². The standard InChI is InChI=1S/C19H18F3N3O6S/c20-19(21,22)12-31-17-8-7-15(32(29,30)24-9-1-2-10-24)11-16(17)23-18(26)13-3-5-14(6-4-13)25(27)28/h3-8,11H,1-2,9-10,12H2,(H,23,26). The maximum atomic E-state index is 12.8. The Morgan fingerprint density at radius 2 is 1.75 bits per heavy atom. The largest absolute Gasteiger partial charge is 0.482 e. The molecule has 32 heavy (non-hydrogen) atoms. The number of carbonyl (C=O) groups is 1. The Kier molecular flexibility index (Phi) is 6.69. The van der Waals surface area contributed by atoms with Gasteiger partial charge in [-0.05, 0) is 43.2 Å². The van der Waals surface area contributed by atoms with Crippen LogP contribution in [0.15, 0.2) is 47.4 Å². The van der Waals surface area contributed by atoms with E-state index in [0.717, 1.165) is 42.5 Å². The summed E-state index contributed by atoms with van der Waals surface area (Å²) in [6.45, 7) is -1.01. The minimum Gasteiger partial charge on any atom is -0.482 e. The third-order valence-electron chi connectivity index (χ3n) is 4.63. The van der Waals surface area contributed by atoms with Crippen LogP contribution in [-0.4, -0.2) is 49.4 Å². The lowest BCUT2D eigenvalue weighted by atomic mass is 10.2. The van der Waals surface area contributed by atoms with Gasteiger partial charge in [0.1, 0.15) is 5.75 Å². The minimum absolute atomic E-state index is 0.0230. The van der Waals surface area contributed by atoms with Gasteiger partial charge in [-0.2, -0.15) is 17.5 Å². The highest BCUT2D eigenvalue weighted by atomic mass is 32.2. The molecule has 1 aliphatic rings. The van der Waals surface area contributed by atoms with Crippen molar-refractivity contribution in [2.45, 2.75) is 23.9 Å². The van der Waals surface area contributed by atoms with E-state index < -0.39 is 33.6 Å². The van der Waals surface area contributed by atoms with Crippen LogP contribution in [0, 0.1) is 10.1 Å². The number of sulfonamides is 1. The van der Waals surface area contributed by atoms with Crippen molar-refractivity contribution in [1.29, 1.82) is 0 Å². The Balaban J connectivity index is 1.92. The highest BCUT2D eigenvalue weighted by molar-refractivity contribution is 7.89. The maximum absolute atomic E-state index is 12.8. The maximum Gasteiger partial charge on any atom is 0.422 e. The molecule has 13 heteroatoms. The highest BCUT2D eigenvalue weighted by Gasteiger charge is 2.31. The van der Waals surface area contributed by atoms with Crippen LogP contribution < -0.4 is 10.1 Å². The molecular formula is C19H18F3N3O6S. The number of carbonyl (C=O) groups excluding carboxylic acids is 1. The lowest BCUT2D eigenvalue weighted by Crippen LogP contribution is -2.28. The first-order valence-electron chi connectivity index (χ1n) is 9.37. The summed E-state index contributed by atoms with van der Waals surface area (Å²) in [6.07, 6.45) is -3.27. The Bertz CT molecular complexity index is 1110. The molecule has 0 bridgehead atoms. The summed E-state index contributed by atoms with van der Waals surface area (Å²) in [5, 5.41) is 13.1. The van der Waals surface area contributed by atoms with Crippen LogP contribution in [0.1, 0.15) is 23.2 Å². The third-order valence-corrected chi connectivity index (χ3v) is 6.53. The molecule has 1 heterocycles. The van der Waals surface area contributed by atoms with Gasteiger partial charge in [0.25, 0.3) is 11.6 Å². The number of non-ortho nitro benzene ring substituents is 1. The van der Waals surface area contributed by atoms with Gasteiger partial charge in [-0.15, -0.1) is 0 Å². The Hall–Kier alpha value is -3.19.